The van der Waals surface area contributed by atoms with Gasteiger partial charge in [0.25, 0.3) is 0 Å². The van der Waals surface area contributed by atoms with Crippen LogP contribution in [-0.4, -0.2) is 17.5 Å². The fraction of sp³-hybridized carbons (Fsp3) is 0.429. The van der Waals surface area contributed by atoms with E-state index in [-0.39, 0.29) is 23.0 Å². The first-order valence-corrected chi connectivity index (χ1v) is 7.62. The Labute approximate surface area is 128 Å². The average Bonchev–Trinajstić information content (AvgIpc) is 2.77. The fourth-order valence-electron chi connectivity index (χ4n) is 2.92. The van der Waals surface area contributed by atoms with Crippen LogP contribution in [0.1, 0.15) is 29.9 Å². The van der Waals surface area contributed by atoms with Crippen molar-refractivity contribution in [2.75, 3.05) is 7.05 Å². The second-order valence-electron chi connectivity index (χ2n) is 5.33. The molecule has 1 unspecified atom stereocenters. The van der Waals surface area contributed by atoms with E-state index in [2.05, 4.69) is 5.32 Å². The number of hydrogen-bond donors (Lipinski definition) is 2. The highest BCUT2D eigenvalue weighted by Crippen LogP contribution is 2.40. The molecule has 118 valence electrons. The van der Waals surface area contributed by atoms with Gasteiger partial charge in [-0.1, -0.05) is 11.3 Å². The smallest absolute Gasteiger partial charge is 0.359 e. The van der Waals surface area contributed by atoms with Crippen molar-refractivity contribution in [3.8, 4) is 0 Å². The molecule has 1 aliphatic heterocycles. The number of thiazole rings is 1. The molecule has 1 aliphatic rings. The topological polar surface area (TPSA) is 57.9 Å². The van der Waals surface area contributed by atoms with Gasteiger partial charge in [0, 0.05) is 20.0 Å². The lowest BCUT2D eigenvalue weighted by molar-refractivity contribution is -0.137. The third kappa shape index (κ3) is 2.41. The summed E-state index contributed by atoms with van der Waals surface area (Å²) in [6, 6.07) is 2.23. The van der Waals surface area contributed by atoms with Crippen molar-refractivity contribution < 1.29 is 18.0 Å². The molecule has 2 aromatic rings. The molecule has 0 spiro atoms. The van der Waals surface area contributed by atoms with Crippen molar-refractivity contribution in [1.82, 2.24) is 9.88 Å². The summed E-state index contributed by atoms with van der Waals surface area (Å²) in [5, 5.41) is 10.4. The number of alkyl halides is 3. The number of nitrogens with zero attached hydrogens (tertiary/aromatic N) is 1. The van der Waals surface area contributed by atoms with Gasteiger partial charge in [-0.05, 0) is 30.0 Å². The molecular weight excluding hydrogens is 315 g/mol. The number of aryl methyl sites for hydroxylation is 1. The lowest BCUT2D eigenvalue weighted by Gasteiger charge is -2.25. The zero-order chi connectivity index (χ0) is 16.1. The predicted molar refractivity (Wildman–Crippen MR) is 76.7 cm³/mol. The molecule has 0 bridgehead atoms. The molecule has 2 heterocycles. The second-order valence-corrected chi connectivity index (χ2v) is 6.36. The summed E-state index contributed by atoms with van der Waals surface area (Å²) >= 11 is 1.04. The van der Waals surface area contributed by atoms with Gasteiger partial charge in [-0.2, -0.15) is 13.2 Å². The van der Waals surface area contributed by atoms with Crippen LogP contribution >= 0.6 is 11.3 Å². The summed E-state index contributed by atoms with van der Waals surface area (Å²) in [7, 11) is 1.51. The molecule has 0 saturated carbocycles. The average molecular weight is 329 g/mol. The quantitative estimate of drug-likeness (QED) is 0.874. The number of aromatic nitrogens is 1. The molecule has 22 heavy (non-hydrogen) atoms. The number of hydrogen-bond acceptors (Lipinski definition) is 3. The van der Waals surface area contributed by atoms with E-state index in [9.17, 15) is 18.0 Å². The van der Waals surface area contributed by atoms with Crippen LogP contribution in [0.25, 0.3) is 10.2 Å². The highest BCUT2D eigenvalue weighted by molar-refractivity contribution is 7.16. The van der Waals surface area contributed by atoms with Gasteiger partial charge in [0.2, 0.25) is 5.91 Å². The lowest BCUT2D eigenvalue weighted by atomic mass is 9.87. The molecule has 1 aromatic heterocycles. The molecule has 1 amide bonds. The van der Waals surface area contributed by atoms with Crippen molar-refractivity contribution in [3.63, 3.8) is 0 Å². The van der Waals surface area contributed by atoms with E-state index in [1.165, 1.54) is 7.05 Å². The van der Waals surface area contributed by atoms with Gasteiger partial charge in [0.05, 0.1) is 15.8 Å². The number of benzene rings is 1. The number of carbonyl (C=O) groups is 1. The molecule has 0 radical (unpaired) electrons. The Hall–Kier alpha value is -1.83. The van der Waals surface area contributed by atoms with Gasteiger partial charge in [-0.15, -0.1) is 0 Å². The molecule has 1 aromatic carbocycles. The van der Waals surface area contributed by atoms with Gasteiger partial charge in [-0.25, -0.2) is 0 Å². The summed E-state index contributed by atoms with van der Waals surface area (Å²) in [5.74, 6) is -0.441. The van der Waals surface area contributed by atoms with Crippen molar-refractivity contribution in [2.45, 2.75) is 31.5 Å². The van der Waals surface area contributed by atoms with Crippen LogP contribution in [-0.2, 0) is 17.5 Å². The van der Waals surface area contributed by atoms with Gasteiger partial charge in [-0.3, -0.25) is 10.2 Å². The Morgan fingerprint density at radius 1 is 1.50 bits per heavy atom. The summed E-state index contributed by atoms with van der Waals surface area (Å²) < 4.78 is 41.4. The molecule has 0 fully saturated rings. The van der Waals surface area contributed by atoms with E-state index in [1.54, 1.807) is 4.57 Å². The van der Waals surface area contributed by atoms with Gasteiger partial charge in [0.15, 0.2) is 4.80 Å². The van der Waals surface area contributed by atoms with Crippen molar-refractivity contribution in [1.29, 1.82) is 5.41 Å². The third-order valence-electron chi connectivity index (χ3n) is 4.01. The van der Waals surface area contributed by atoms with Gasteiger partial charge < -0.3 is 9.88 Å². The Bertz CT molecular complexity index is 806. The highest BCUT2D eigenvalue weighted by Gasteiger charge is 2.34. The predicted octanol–water partition coefficient (Wildman–Crippen LogP) is 2.82. The molecule has 0 aliphatic carbocycles. The number of amides is 1. The Balaban J connectivity index is 2.21. The van der Waals surface area contributed by atoms with E-state index < -0.39 is 11.7 Å². The zero-order valence-corrected chi connectivity index (χ0v) is 12.6. The van der Waals surface area contributed by atoms with Crippen LogP contribution in [0.5, 0.6) is 0 Å². The molecular formula is C14H14F3N3OS. The standard InChI is InChI=1S/C14H14F3N3OS/c1-19-11(21)4-7-2-3-20-12-9(7)5-8(14(15,16)17)6-10(12)22-13(20)18/h5-7,18H,2-4H2,1H3,(H,19,21). The Morgan fingerprint density at radius 2 is 2.23 bits per heavy atom. The van der Waals surface area contributed by atoms with Crippen molar-refractivity contribution >= 4 is 27.5 Å². The molecule has 1 atom stereocenters. The number of halogens is 3. The molecule has 2 N–H and O–H groups in total. The second kappa shape index (κ2) is 5.12. The molecule has 4 nitrogen and oxygen atoms in total. The maximum atomic E-state index is 13.1. The van der Waals surface area contributed by atoms with E-state index in [1.807, 2.05) is 0 Å². The molecule has 0 saturated heterocycles. The highest BCUT2D eigenvalue weighted by atomic mass is 32.1. The summed E-state index contributed by atoms with van der Waals surface area (Å²) in [4.78, 5) is 11.9. The Morgan fingerprint density at radius 3 is 2.86 bits per heavy atom. The molecule has 8 heteroatoms. The van der Waals surface area contributed by atoms with Crippen LogP contribution in [0.15, 0.2) is 12.1 Å². The maximum Gasteiger partial charge on any atom is 0.416 e. The minimum atomic E-state index is -4.43. The first kappa shape index (κ1) is 15.1. The van der Waals surface area contributed by atoms with Gasteiger partial charge in [0.1, 0.15) is 0 Å². The monoisotopic (exact) mass is 329 g/mol. The van der Waals surface area contributed by atoms with Crippen LogP contribution < -0.4 is 10.1 Å². The van der Waals surface area contributed by atoms with E-state index in [0.717, 1.165) is 23.5 Å². The minimum Gasteiger partial charge on any atom is -0.359 e. The number of carbonyl (C=O) groups excluding carboxylic acids is 1. The van der Waals surface area contributed by atoms with Crippen molar-refractivity contribution in [3.05, 3.63) is 28.1 Å². The zero-order valence-electron chi connectivity index (χ0n) is 11.8. The van der Waals surface area contributed by atoms with Crippen LogP contribution in [0.2, 0.25) is 0 Å². The number of rotatable bonds is 2. The van der Waals surface area contributed by atoms with E-state index in [4.69, 9.17) is 5.41 Å². The SMILES string of the molecule is CNC(=O)CC1CCn2c(=N)sc3cc(C(F)(F)F)cc1c32. The van der Waals surface area contributed by atoms with E-state index in [0.29, 0.717) is 28.7 Å². The summed E-state index contributed by atoms with van der Waals surface area (Å²) in [6.45, 7) is 0.554. The fourth-order valence-corrected chi connectivity index (χ4v) is 3.94. The maximum absolute atomic E-state index is 13.1. The first-order valence-electron chi connectivity index (χ1n) is 6.81. The van der Waals surface area contributed by atoms with Crippen LogP contribution in [0.3, 0.4) is 0 Å². The van der Waals surface area contributed by atoms with Crippen LogP contribution in [0.4, 0.5) is 13.2 Å². The third-order valence-corrected chi connectivity index (χ3v) is 4.95. The summed E-state index contributed by atoms with van der Waals surface area (Å²) in [5.41, 5.74) is 0.477. The number of nitrogens with one attached hydrogen (secondary N) is 2. The lowest BCUT2D eigenvalue weighted by Crippen LogP contribution is -2.26. The van der Waals surface area contributed by atoms with Crippen LogP contribution in [0, 0.1) is 5.41 Å². The van der Waals surface area contributed by atoms with Gasteiger partial charge >= 0.3 is 6.18 Å². The first-order chi connectivity index (χ1) is 10.3. The largest absolute Gasteiger partial charge is 0.416 e. The summed E-state index contributed by atoms with van der Waals surface area (Å²) in [6.07, 6.45) is -3.71. The normalized spacial score (nSPS) is 17.7. The molecule has 3 rings (SSSR count). The Kier molecular flexibility index (Phi) is 3.51. The minimum absolute atomic E-state index is 0.163. The van der Waals surface area contributed by atoms with E-state index >= 15 is 0 Å². The van der Waals surface area contributed by atoms with Crippen molar-refractivity contribution in [2.24, 2.45) is 0 Å².